The zero-order chi connectivity index (χ0) is 13.9. The van der Waals surface area contributed by atoms with Gasteiger partial charge in [-0.25, -0.2) is 4.52 Å². The van der Waals surface area contributed by atoms with Gasteiger partial charge in [-0.2, -0.15) is 4.98 Å². The number of benzene rings is 1. The molecule has 0 radical (unpaired) electrons. The zero-order valence-electron chi connectivity index (χ0n) is 11.8. The molecule has 3 rings (SSSR count). The molecule has 0 aliphatic heterocycles. The number of nitrogens with zero attached hydrogens (tertiary/aromatic N) is 3. The smallest absolute Gasteiger partial charge is 0.243 e. The van der Waals surface area contributed by atoms with Crippen molar-refractivity contribution in [2.45, 2.75) is 20.3 Å². The molecule has 2 heterocycles. The minimum Gasteiger partial charge on any atom is -0.353 e. The second-order valence-corrected chi connectivity index (χ2v) is 5.05. The predicted molar refractivity (Wildman–Crippen MR) is 81.1 cm³/mol. The summed E-state index contributed by atoms with van der Waals surface area (Å²) in [7, 11) is 0. The first-order valence-electron chi connectivity index (χ1n) is 6.84. The van der Waals surface area contributed by atoms with Gasteiger partial charge in [0.25, 0.3) is 0 Å². The molecule has 102 valence electrons. The molecule has 1 N–H and O–H groups in total. The largest absolute Gasteiger partial charge is 0.353 e. The van der Waals surface area contributed by atoms with Gasteiger partial charge in [0.15, 0.2) is 5.65 Å². The highest BCUT2D eigenvalue weighted by atomic mass is 15.3. The van der Waals surface area contributed by atoms with Crippen LogP contribution in [0.15, 0.2) is 42.6 Å². The lowest BCUT2D eigenvalue weighted by Crippen LogP contribution is -2.07. The van der Waals surface area contributed by atoms with Crippen molar-refractivity contribution in [3.8, 4) is 0 Å². The fraction of sp³-hybridized carbons (Fsp3) is 0.250. The molecule has 4 nitrogen and oxygen atoms in total. The summed E-state index contributed by atoms with van der Waals surface area (Å²) >= 11 is 0. The Morgan fingerprint density at radius 2 is 2.00 bits per heavy atom. The van der Waals surface area contributed by atoms with Gasteiger partial charge >= 0.3 is 0 Å². The Labute approximate surface area is 118 Å². The Balaban J connectivity index is 1.67. The van der Waals surface area contributed by atoms with Crippen molar-refractivity contribution in [1.82, 2.24) is 14.6 Å². The van der Waals surface area contributed by atoms with Crippen molar-refractivity contribution >= 4 is 11.6 Å². The average molecular weight is 266 g/mol. The molecule has 0 aliphatic carbocycles. The number of rotatable bonds is 4. The van der Waals surface area contributed by atoms with Gasteiger partial charge in [-0.05, 0) is 49.1 Å². The van der Waals surface area contributed by atoms with Crippen molar-refractivity contribution in [3.63, 3.8) is 0 Å². The van der Waals surface area contributed by atoms with E-state index in [-0.39, 0.29) is 0 Å². The number of aryl methyl sites for hydroxylation is 2. The molecule has 0 bridgehead atoms. The first-order valence-corrected chi connectivity index (χ1v) is 6.84. The maximum absolute atomic E-state index is 4.47. The van der Waals surface area contributed by atoms with Gasteiger partial charge in [0.2, 0.25) is 5.95 Å². The number of hydrogen-bond donors (Lipinski definition) is 1. The van der Waals surface area contributed by atoms with Crippen molar-refractivity contribution in [2.75, 3.05) is 11.9 Å². The van der Waals surface area contributed by atoms with Crippen LogP contribution in [0.3, 0.4) is 0 Å². The molecular weight excluding hydrogens is 248 g/mol. The Morgan fingerprint density at radius 3 is 2.85 bits per heavy atom. The van der Waals surface area contributed by atoms with Crippen LogP contribution in [0.25, 0.3) is 5.65 Å². The Morgan fingerprint density at radius 1 is 1.15 bits per heavy atom. The van der Waals surface area contributed by atoms with E-state index in [9.17, 15) is 0 Å². The third-order valence-corrected chi connectivity index (χ3v) is 3.43. The number of fused-ring (bicyclic) bond motifs is 1. The number of nitrogens with one attached hydrogen (secondary N) is 1. The van der Waals surface area contributed by atoms with Crippen molar-refractivity contribution in [3.05, 3.63) is 59.3 Å². The van der Waals surface area contributed by atoms with Crippen molar-refractivity contribution < 1.29 is 0 Å². The quantitative estimate of drug-likeness (QED) is 0.789. The van der Waals surface area contributed by atoms with Gasteiger partial charge in [-0.1, -0.05) is 24.3 Å². The van der Waals surface area contributed by atoms with Crippen molar-refractivity contribution in [1.29, 1.82) is 0 Å². The van der Waals surface area contributed by atoms with E-state index in [0.717, 1.165) is 18.6 Å². The van der Waals surface area contributed by atoms with E-state index in [1.165, 1.54) is 16.7 Å². The molecule has 0 saturated heterocycles. The second-order valence-electron chi connectivity index (χ2n) is 5.05. The van der Waals surface area contributed by atoms with Gasteiger partial charge < -0.3 is 5.32 Å². The van der Waals surface area contributed by atoms with Gasteiger partial charge in [-0.15, -0.1) is 5.10 Å². The molecule has 0 fully saturated rings. The molecule has 4 heteroatoms. The van der Waals surface area contributed by atoms with Crippen LogP contribution in [0.1, 0.15) is 16.7 Å². The highest BCUT2D eigenvalue weighted by Gasteiger charge is 2.03. The minimum atomic E-state index is 0.684. The summed E-state index contributed by atoms with van der Waals surface area (Å²) in [4.78, 5) is 4.47. The maximum Gasteiger partial charge on any atom is 0.243 e. The molecule has 0 amide bonds. The lowest BCUT2D eigenvalue weighted by Gasteiger charge is -2.05. The summed E-state index contributed by atoms with van der Waals surface area (Å²) in [5, 5.41) is 7.69. The summed E-state index contributed by atoms with van der Waals surface area (Å²) in [5.41, 5.74) is 4.76. The van der Waals surface area contributed by atoms with Crippen LogP contribution < -0.4 is 5.32 Å². The molecule has 0 atom stereocenters. The summed E-state index contributed by atoms with van der Waals surface area (Å²) in [6, 6.07) is 12.5. The van der Waals surface area contributed by atoms with Crippen LogP contribution in [0, 0.1) is 13.8 Å². The second kappa shape index (κ2) is 5.33. The van der Waals surface area contributed by atoms with E-state index < -0.39 is 0 Å². The number of anilines is 1. The highest BCUT2D eigenvalue weighted by Crippen LogP contribution is 2.10. The van der Waals surface area contributed by atoms with E-state index in [0.29, 0.717) is 5.95 Å². The van der Waals surface area contributed by atoms with E-state index in [1.54, 1.807) is 4.52 Å². The normalized spacial score (nSPS) is 10.9. The van der Waals surface area contributed by atoms with Crippen LogP contribution >= 0.6 is 0 Å². The summed E-state index contributed by atoms with van der Waals surface area (Å²) in [6.07, 6.45) is 2.91. The van der Waals surface area contributed by atoms with E-state index >= 15 is 0 Å². The minimum absolute atomic E-state index is 0.684. The maximum atomic E-state index is 4.47. The molecule has 0 saturated carbocycles. The fourth-order valence-corrected chi connectivity index (χ4v) is 2.26. The van der Waals surface area contributed by atoms with Crippen LogP contribution in [0.2, 0.25) is 0 Å². The molecule has 0 unspecified atom stereocenters. The molecular formula is C16H18N4. The van der Waals surface area contributed by atoms with E-state index in [2.05, 4.69) is 53.5 Å². The standard InChI is InChI=1S/C16H18N4/c1-12-8-10-20-15(11-12)18-16(19-20)17-9-7-14-6-4-3-5-13(14)2/h3-6,8,10-11H,7,9H2,1-2H3,(H,17,19). The van der Waals surface area contributed by atoms with E-state index in [4.69, 9.17) is 0 Å². The molecule has 20 heavy (non-hydrogen) atoms. The third kappa shape index (κ3) is 2.64. The van der Waals surface area contributed by atoms with Gasteiger partial charge in [0, 0.05) is 12.7 Å². The fourth-order valence-electron chi connectivity index (χ4n) is 2.26. The predicted octanol–water partition coefficient (Wildman–Crippen LogP) is 3.00. The van der Waals surface area contributed by atoms with Gasteiger partial charge in [-0.3, -0.25) is 0 Å². The third-order valence-electron chi connectivity index (χ3n) is 3.43. The molecule has 3 aromatic rings. The monoisotopic (exact) mass is 266 g/mol. The molecule has 1 aromatic carbocycles. The van der Waals surface area contributed by atoms with Crippen LogP contribution in [0.5, 0.6) is 0 Å². The molecule has 0 aliphatic rings. The Kier molecular flexibility index (Phi) is 3.37. The first kappa shape index (κ1) is 12.7. The van der Waals surface area contributed by atoms with Gasteiger partial charge in [0.1, 0.15) is 0 Å². The van der Waals surface area contributed by atoms with Crippen LogP contribution in [0.4, 0.5) is 5.95 Å². The number of hydrogen-bond acceptors (Lipinski definition) is 3. The van der Waals surface area contributed by atoms with Crippen LogP contribution in [-0.4, -0.2) is 21.1 Å². The van der Waals surface area contributed by atoms with Crippen LogP contribution in [-0.2, 0) is 6.42 Å². The number of pyridine rings is 1. The SMILES string of the molecule is Cc1ccn2nc(NCCc3ccccc3C)nc2c1. The Bertz CT molecular complexity index is 730. The highest BCUT2D eigenvalue weighted by molar-refractivity contribution is 5.45. The summed E-state index contributed by atoms with van der Waals surface area (Å²) in [6.45, 7) is 5.03. The van der Waals surface area contributed by atoms with E-state index in [1.807, 2.05) is 18.3 Å². The zero-order valence-corrected chi connectivity index (χ0v) is 11.8. The number of aromatic nitrogens is 3. The Hall–Kier alpha value is -2.36. The first-order chi connectivity index (χ1) is 9.72. The average Bonchev–Trinajstić information content (AvgIpc) is 2.83. The van der Waals surface area contributed by atoms with Crippen molar-refractivity contribution in [2.24, 2.45) is 0 Å². The molecule has 0 spiro atoms. The summed E-state index contributed by atoms with van der Waals surface area (Å²) in [5.74, 6) is 0.684. The topological polar surface area (TPSA) is 42.2 Å². The lowest BCUT2D eigenvalue weighted by molar-refractivity contribution is 0.933. The van der Waals surface area contributed by atoms with Gasteiger partial charge in [0.05, 0.1) is 0 Å². The lowest BCUT2D eigenvalue weighted by atomic mass is 10.1. The summed E-state index contributed by atoms with van der Waals surface area (Å²) < 4.78 is 1.79. The molecule has 2 aromatic heterocycles.